The highest BCUT2D eigenvalue weighted by Gasteiger charge is 1.96. The minimum atomic E-state index is 0.587. The maximum absolute atomic E-state index is 5.73. The third-order valence-electron chi connectivity index (χ3n) is 2.36. The molecule has 0 saturated carbocycles. The predicted octanol–water partition coefficient (Wildman–Crippen LogP) is 5.49. The van der Waals surface area contributed by atoms with Gasteiger partial charge in [0.25, 0.3) is 0 Å². The van der Waals surface area contributed by atoms with E-state index in [9.17, 15) is 0 Å². The fourth-order valence-corrected chi connectivity index (χ4v) is 1.86. The molecular weight excluding hydrogens is 263 g/mol. The molecule has 2 aromatic carbocycles. The van der Waals surface area contributed by atoms with E-state index in [0.29, 0.717) is 5.88 Å². The van der Waals surface area contributed by atoms with Crippen molar-refractivity contribution in [2.75, 3.05) is 0 Å². The summed E-state index contributed by atoms with van der Waals surface area (Å²) in [7, 11) is 0. The zero-order chi connectivity index (χ0) is 13.2. The summed E-state index contributed by atoms with van der Waals surface area (Å²) in [6.45, 7) is 3.69. The first-order valence-corrected chi connectivity index (χ1v) is 6.63. The Morgan fingerprint density at radius 2 is 1.44 bits per heavy atom. The van der Waals surface area contributed by atoms with Gasteiger partial charge in [-0.2, -0.15) is 0 Å². The largest absolute Gasteiger partial charge is 0.122 e. The molecule has 18 heavy (non-hydrogen) atoms. The number of hydrogen-bond acceptors (Lipinski definition) is 0. The maximum Gasteiger partial charge on any atom is 0.0476 e. The van der Waals surface area contributed by atoms with Gasteiger partial charge in [-0.1, -0.05) is 60.1 Å². The molecule has 0 amide bonds. The summed E-state index contributed by atoms with van der Waals surface area (Å²) in [6, 6.07) is 17.6. The molecule has 0 bridgehead atoms. The third kappa shape index (κ3) is 5.39. The van der Waals surface area contributed by atoms with E-state index in [4.69, 9.17) is 23.2 Å². The van der Waals surface area contributed by atoms with Crippen LogP contribution in [0.5, 0.6) is 0 Å². The van der Waals surface area contributed by atoms with E-state index < -0.39 is 0 Å². The van der Waals surface area contributed by atoms with Crippen LogP contribution in [0.2, 0.25) is 5.02 Å². The van der Waals surface area contributed by atoms with E-state index in [2.05, 4.69) is 12.6 Å². The van der Waals surface area contributed by atoms with Crippen LogP contribution in [-0.4, -0.2) is 0 Å². The van der Waals surface area contributed by atoms with Crippen molar-refractivity contribution in [1.29, 1.82) is 0 Å². The Kier molecular flexibility index (Phi) is 7.24. The Bertz CT molecular complexity index is 464. The van der Waals surface area contributed by atoms with Crippen LogP contribution in [0.3, 0.4) is 0 Å². The second-order valence-corrected chi connectivity index (χ2v) is 4.39. The molecule has 0 fully saturated rings. The minimum absolute atomic E-state index is 0.587. The van der Waals surface area contributed by atoms with E-state index in [1.807, 2.05) is 54.6 Å². The standard InChI is InChI=1S/C10H11Cl.C6H5Cl/c1-2-5-9-6-3-4-7-10(9)8-11;7-6-4-2-1-3-5-6/h2-4,6-7H,1,5,8H2;1-5H. The summed E-state index contributed by atoms with van der Waals surface area (Å²) < 4.78 is 0. The van der Waals surface area contributed by atoms with Crippen LogP contribution in [0.1, 0.15) is 11.1 Å². The van der Waals surface area contributed by atoms with Gasteiger partial charge in [-0.3, -0.25) is 0 Å². The first kappa shape index (κ1) is 14.8. The number of hydrogen-bond donors (Lipinski definition) is 0. The molecule has 0 spiro atoms. The fraction of sp³-hybridized carbons (Fsp3) is 0.125. The molecule has 0 atom stereocenters. The van der Waals surface area contributed by atoms with E-state index in [1.165, 1.54) is 11.1 Å². The summed E-state index contributed by atoms with van der Waals surface area (Å²) in [6.07, 6.45) is 2.80. The van der Waals surface area contributed by atoms with Gasteiger partial charge in [0.2, 0.25) is 0 Å². The molecule has 0 radical (unpaired) electrons. The van der Waals surface area contributed by atoms with Crippen molar-refractivity contribution in [2.24, 2.45) is 0 Å². The second kappa shape index (κ2) is 8.79. The summed E-state index contributed by atoms with van der Waals surface area (Å²) in [5, 5.41) is 0.794. The molecule has 0 aromatic heterocycles. The van der Waals surface area contributed by atoms with Gasteiger partial charge in [0.05, 0.1) is 0 Å². The van der Waals surface area contributed by atoms with Gasteiger partial charge in [0.15, 0.2) is 0 Å². The highest BCUT2D eigenvalue weighted by atomic mass is 35.5. The molecule has 0 aliphatic heterocycles. The average molecular weight is 279 g/mol. The van der Waals surface area contributed by atoms with Gasteiger partial charge in [-0.15, -0.1) is 18.2 Å². The Hall–Kier alpha value is -1.24. The van der Waals surface area contributed by atoms with Gasteiger partial charge < -0.3 is 0 Å². The van der Waals surface area contributed by atoms with E-state index in [0.717, 1.165) is 11.4 Å². The Morgan fingerprint density at radius 3 is 1.89 bits per heavy atom. The summed E-state index contributed by atoms with van der Waals surface area (Å²) in [5.74, 6) is 0.587. The number of benzene rings is 2. The average Bonchev–Trinajstić information content (AvgIpc) is 2.41. The molecule has 0 unspecified atom stereocenters. The van der Waals surface area contributed by atoms with Crippen LogP contribution in [-0.2, 0) is 12.3 Å². The normalized spacial score (nSPS) is 9.22. The Morgan fingerprint density at radius 1 is 0.889 bits per heavy atom. The van der Waals surface area contributed by atoms with Crippen LogP contribution >= 0.6 is 23.2 Å². The lowest BCUT2D eigenvalue weighted by atomic mass is 10.1. The summed E-state index contributed by atoms with van der Waals surface area (Å²) in [4.78, 5) is 0. The van der Waals surface area contributed by atoms with Crippen molar-refractivity contribution in [3.05, 3.63) is 83.4 Å². The molecule has 94 valence electrons. The van der Waals surface area contributed by atoms with E-state index in [-0.39, 0.29) is 0 Å². The van der Waals surface area contributed by atoms with Crippen molar-refractivity contribution in [3.63, 3.8) is 0 Å². The maximum atomic E-state index is 5.73. The number of rotatable bonds is 3. The number of alkyl halides is 1. The van der Waals surface area contributed by atoms with Crippen molar-refractivity contribution in [2.45, 2.75) is 12.3 Å². The quantitative estimate of drug-likeness (QED) is 0.514. The zero-order valence-electron chi connectivity index (χ0n) is 10.2. The Balaban J connectivity index is 0.000000199. The molecule has 2 rings (SSSR count). The lowest BCUT2D eigenvalue weighted by molar-refractivity contribution is 1.20. The van der Waals surface area contributed by atoms with E-state index in [1.54, 1.807) is 0 Å². The smallest absolute Gasteiger partial charge is 0.0476 e. The second-order valence-electron chi connectivity index (χ2n) is 3.69. The molecule has 0 nitrogen and oxygen atoms in total. The lowest BCUT2D eigenvalue weighted by Crippen LogP contribution is -1.87. The topological polar surface area (TPSA) is 0 Å². The van der Waals surface area contributed by atoms with Crippen LogP contribution in [0.15, 0.2) is 67.3 Å². The lowest BCUT2D eigenvalue weighted by Gasteiger charge is -2.02. The summed E-state index contributed by atoms with van der Waals surface area (Å²) in [5.41, 5.74) is 2.48. The van der Waals surface area contributed by atoms with Crippen molar-refractivity contribution in [3.8, 4) is 0 Å². The van der Waals surface area contributed by atoms with Crippen molar-refractivity contribution >= 4 is 23.2 Å². The molecule has 0 saturated heterocycles. The van der Waals surface area contributed by atoms with E-state index >= 15 is 0 Å². The number of halogens is 2. The van der Waals surface area contributed by atoms with Crippen molar-refractivity contribution < 1.29 is 0 Å². The summed E-state index contributed by atoms with van der Waals surface area (Å²) >= 11 is 11.3. The first-order valence-electron chi connectivity index (χ1n) is 5.72. The fourth-order valence-electron chi connectivity index (χ4n) is 1.46. The Labute approximate surface area is 119 Å². The number of allylic oxidation sites excluding steroid dienone is 1. The minimum Gasteiger partial charge on any atom is -0.122 e. The molecule has 0 N–H and O–H groups in total. The molecule has 2 aromatic rings. The van der Waals surface area contributed by atoms with Crippen LogP contribution in [0, 0.1) is 0 Å². The van der Waals surface area contributed by atoms with Gasteiger partial charge >= 0.3 is 0 Å². The highest BCUT2D eigenvalue weighted by Crippen LogP contribution is 2.11. The van der Waals surface area contributed by atoms with Gasteiger partial charge in [0.1, 0.15) is 0 Å². The van der Waals surface area contributed by atoms with Gasteiger partial charge in [-0.05, 0) is 29.7 Å². The molecule has 2 heteroatoms. The zero-order valence-corrected chi connectivity index (χ0v) is 11.7. The molecule has 0 aliphatic carbocycles. The predicted molar refractivity (Wildman–Crippen MR) is 81.4 cm³/mol. The molecule has 0 heterocycles. The third-order valence-corrected chi connectivity index (χ3v) is 2.90. The van der Waals surface area contributed by atoms with Gasteiger partial charge in [0, 0.05) is 10.9 Å². The van der Waals surface area contributed by atoms with Gasteiger partial charge in [-0.25, -0.2) is 0 Å². The van der Waals surface area contributed by atoms with Crippen LogP contribution in [0.4, 0.5) is 0 Å². The molecular formula is C16H16Cl2. The monoisotopic (exact) mass is 278 g/mol. The highest BCUT2D eigenvalue weighted by molar-refractivity contribution is 6.30. The SMILES string of the molecule is C=CCc1ccccc1CCl.Clc1ccccc1. The molecule has 0 aliphatic rings. The first-order chi connectivity index (χ1) is 8.77. The van der Waals surface area contributed by atoms with Crippen LogP contribution < -0.4 is 0 Å². The van der Waals surface area contributed by atoms with Crippen LogP contribution in [0.25, 0.3) is 0 Å². The van der Waals surface area contributed by atoms with Crippen molar-refractivity contribution in [1.82, 2.24) is 0 Å².